The fourth-order valence-corrected chi connectivity index (χ4v) is 7.73. The number of amides is 5. The van der Waals surface area contributed by atoms with Crippen molar-refractivity contribution in [3.63, 3.8) is 0 Å². The number of carboxylic acids is 1. The number of fused-ring (bicyclic) bond motifs is 18. The molecule has 6 N–H and O–H groups in total. The molecule has 3 aromatic carbocycles. The molecular formula is C42H41N5O7S2. The van der Waals surface area contributed by atoms with Crippen LogP contribution in [-0.4, -0.2) is 64.8 Å². The van der Waals surface area contributed by atoms with Gasteiger partial charge in [0.05, 0.1) is 0 Å². The lowest BCUT2D eigenvalue weighted by atomic mass is 9.99. The Labute approximate surface area is 331 Å². The summed E-state index contributed by atoms with van der Waals surface area (Å²) in [5.41, 5.74) is 4.45. The largest absolute Gasteiger partial charge is 0.480 e. The molecule has 288 valence electrons. The van der Waals surface area contributed by atoms with Crippen LogP contribution in [0.4, 0.5) is 5.69 Å². The van der Waals surface area contributed by atoms with Gasteiger partial charge in [0.2, 0.25) is 29.5 Å². The fourth-order valence-electron chi connectivity index (χ4n) is 6.30. The van der Waals surface area contributed by atoms with Crippen molar-refractivity contribution in [1.29, 1.82) is 0 Å². The summed E-state index contributed by atoms with van der Waals surface area (Å²) in [5, 5.41) is 29.4. The summed E-state index contributed by atoms with van der Waals surface area (Å²) >= 11 is 2.82. The maximum absolute atomic E-state index is 14.3. The van der Waals surface area contributed by atoms with Crippen molar-refractivity contribution in [2.45, 2.75) is 62.7 Å². The van der Waals surface area contributed by atoms with E-state index in [4.69, 9.17) is 0 Å². The highest BCUT2D eigenvalue weighted by Crippen LogP contribution is 2.21. The Kier molecular flexibility index (Phi) is 13.4. The molecule has 2 bridgehead atoms. The smallest absolute Gasteiger partial charge is 0.326 e. The van der Waals surface area contributed by atoms with Crippen molar-refractivity contribution >= 4 is 63.9 Å². The highest BCUT2D eigenvalue weighted by molar-refractivity contribution is 7.09. The first kappa shape index (κ1) is 39.6. The lowest BCUT2D eigenvalue weighted by Crippen LogP contribution is -2.59. The molecule has 5 aromatic rings. The minimum atomic E-state index is -1.34. The van der Waals surface area contributed by atoms with Gasteiger partial charge in [-0.15, -0.1) is 11.3 Å². The number of carbonyl (C=O) groups is 6. The number of rotatable bonds is 8. The fraction of sp³-hybridized carbons (Fsp3) is 0.238. The average molecular weight is 792 g/mol. The summed E-state index contributed by atoms with van der Waals surface area (Å²) < 4.78 is 0. The first-order chi connectivity index (χ1) is 27.1. The molecule has 4 atom stereocenters. The van der Waals surface area contributed by atoms with E-state index in [1.54, 1.807) is 24.3 Å². The van der Waals surface area contributed by atoms with E-state index in [0.29, 0.717) is 11.3 Å². The second kappa shape index (κ2) is 19.0. The van der Waals surface area contributed by atoms with Crippen molar-refractivity contribution in [2.24, 2.45) is 0 Å². The number of aliphatic carboxylic acids is 1. The lowest BCUT2D eigenvalue weighted by molar-refractivity contribution is -0.142. The molecule has 12 nitrogen and oxygen atoms in total. The van der Waals surface area contributed by atoms with Crippen LogP contribution < -0.4 is 26.6 Å². The first-order valence-corrected chi connectivity index (χ1v) is 19.9. The zero-order valence-corrected chi connectivity index (χ0v) is 31.9. The number of nitrogens with one attached hydrogen (secondary N) is 5. The molecule has 14 heteroatoms. The van der Waals surface area contributed by atoms with Crippen LogP contribution in [0.25, 0.3) is 11.1 Å². The van der Waals surface area contributed by atoms with Crippen molar-refractivity contribution in [3.05, 3.63) is 135 Å². The van der Waals surface area contributed by atoms with Gasteiger partial charge >= 0.3 is 5.97 Å². The zero-order valence-electron chi connectivity index (χ0n) is 30.2. The Morgan fingerprint density at radius 3 is 1.86 bits per heavy atom. The van der Waals surface area contributed by atoms with E-state index in [9.17, 15) is 33.9 Å². The van der Waals surface area contributed by atoms with Crippen LogP contribution in [-0.2, 0) is 54.5 Å². The molecule has 0 radical (unpaired) electrons. The number of hydrogen-bond acceptors (Lipinski definition) is 8. The number of carbonyl (C=O) groups excluding carboxylic acids is 5. The summed E-state index contributed by atoms with van der Waals surface area (Å²) in [6, 6.07) is 24.4. The number of carboxylic acid groups (broad SMARTS) is 1. The van der Waals surface area contributed by atoms with Gasteiger partial charge in [0.15, 0.2) is 0 Å². The van der Waals surface area contributed by atoms with E-state index >= 15 is 0 Å². The summed E-state index contributed by atoms with van der Waals surface area (Å²) in [5.74, 6) is -4.25. The molecule has 0 unspecified atom stereocenters. The Hall–Kier alpha value is -6.12. The Bertz CT molecular complexity index is 2120. The summed E-state index contributed by atoms with van der Waals surface area (Å²) in [4.78, 5) is 81.5. The number of anilines is 1. The molecule has 0 fully saturated rings. The van der Waals surface area contributed by atoms with Crippen LogP contribution >= 0.6 is 22.7 Å². The van der Waals surface area contributed by atoms with E-state index in [-0.39, 0.29) is 38.5 Å². The third-order valence-corrected chi connectivity index (χ3v) is 10.9. The van der Waals surface area contributed by atoms with Gasteiger partial charge in [0.25, 0.3) is 0 Å². The van der Waals surface area contributed by atoms with E-state index in [2.05, 4.69) is 26.6 Å². The molecule has 2 aliphatic heterocycles. The van der Waals surface area contributed by atoms with Crippen molar-refractivity contribution in [1.82, 2.24) is 21.3 Å². The Morgan fingerprint density at radius 2 is 1.23 bits per heavy atom. The molecule has 4 heterocycles. The van der Waals surface area contributed by atoms with Gasteiger partial charge in [-0.1, -0.05) is 72.8 Å². The predicted molar refractivity (Wildman–Crippen MR) is 215 cm³/mol. The molecule has 7 rings (SSSR count). The molecule has 0 spiro atoms. The van der Waals surface area contributed by atoms with Crippen molar-refractivity contribution in [2.75, 3.05) is 5.32 Å². The quantitative estimate of drug-likeness (QED) is 0.125. The van der Waals surface area contributed by atoms with Crippen molar-refractivity contribution in [3.8, 4) is 11.1 Å². The second-order valence-corrected chi connectivity index (χ2v) is 15.3. The predicted octanol–water partition coefficient (Wildman–Crippen LogP) is 4.50. The third-order valence-electron chi connectivity index (χ3n) is 9.30. The van der Waals surface area contributed by atoms with Crippen LogP contribution in [0.3, 0.4) is 0 Å². The van der Waals surface area contributed by atoms with Gasteiger partial charge in [-0.25, -0.2) is 4.79 Å². The Balaban J connectivity index is 1.33. The maximum atomic E-state index is 14.3. The number of hydrogen-bond donors (Lipinski definition) is 6. The van der Waals surface area contributed by atoms with E-state index in [1.807, 2.05) is 88.9 Å². The molecule has 56 heavy (non-hydrogen) atoms. The minimum absolute atomic E-state index is 0.0346. The van der Waals surface area contributed by atoms with Gasteiger partial charge < -0.3 is 31.7 Å². The molecular weight excluding hydrogens is 751 g/mol. The van der Waals surface area contributed by atoms with Gasteiger partial charge in [-0.05, 0) is 68.2 Å². The minimum Gasteiger partial charge on any atom is -0.480 e. The van der Waals surface area contributed by atoms with E-state index < -0.39 is 59.7 Å². The molecule has 2 aromatic heterocycles. The second-order valence-electron chi connectivity index (χ2n) is 13.5. The summed E-state index contributed by atoms with van der Waals surface area (Å²) in [6.07, 6.45) is -0.207. The SMILES string of the molecule is O=C1CCC(=O)N[C@H](Cc2cccs2)C(=O)N[C@@H](Cc2ccc(-c3ccccc3)cc2)C(=O)N[C@H](Cc2ccsc2)C(=O)N[C@H](C(=O)O)Cc2ccc(cc2)N1. The monoisotopic (exact) mass is 791 g/mol. The molecule has 0 saturated carbocycles. The molecule has 0 aliphatic carbocycles. The lowest BCUT2D eigenvalue weighted by Gasteiger charge is -2.26. The number of thiophene rings is 2. The molecule has 0 saturated heterocycles. The van der Waals surface area contributed by atoms with E-state index in [1.165, 1.54) is 22.7 Å². The van der Waals surface area contributed by atoms with Crippen LogP contribution in [0, 0.1) is 0 Å². The van der Waals surface area contributed by atoms with Crippen LogP contribution in [0.5, 0.6) is 0 Å². The topological polar surface area (TPSA) is 183 Å². The molecule has 2 aliphatic rings. The summed E-state index contributed by atoms with van der Waals surface area (Å²) in [7, 11) is 0. The highest BCUT2D eigenvalue weighted by atomic mass is 32.1. The third kappa shape index (κ3) is 11.2. The van der Waals surface area contributed by atoms with Crippen molar-refractivity contribution < 1.29 is 33.9 Å². The van der Waals surface area contributed by atoms with E-state index in [0.717, 1.165) is 27.1 Å². The summed E-state index contributed by atoms with van der Waals surface area (Å²) in [6.45, 7) is 0. The van der Waals surface area contributed by atoms with Crippen LogP contribution in [0.2, 0.25) is 0 Å². The molecule has 5 amide bonds. The van der Waals surface area contributed by atoms with Crippen LogP contribution in [0.15, 0.2) is 113 Å². The Morgan fingerprint density at radius 1 is 0.607 bits per heavy atom. The zero-order chi connectivity index (χ0) is 39.4. The van der Waals surface area contributed by atoms with Gasteiger partial charge in [-0.3, -0.25) is 24.0 Å². The average Bonchev–Trinajstić information content (AvgIpc) is 3.92. The van der Waals surface area contributed by atoms with Crippen LogP contribution in [0.1, 0.15) is 34.4 Å². The number of benzene rings is 3. The van der Waals surface area contributed by atoms with Gasteiger partial charge in [-0.2, -0.15) is 11.3 Å². The van der Waals surface area contributed by atoms with Gasteiger partial charge in [0.1, 0.15) is 24.2 Å². The highest BCUT2D eigenvalue weighted by Gasteiger charge is 2.32. The standard InChI is InChI=1S/C42H41N5O7S2/c48-37-16-17-38(49)44-35(24-32-7-4-19-56-32)41(52)45-33(21-26-8-12-30(13-9-26)29-5-2-1-3-6-29)39(50)46-34(23-28-18-20-55-25-28)40(51)47-36(42(53)54)22-27-10-14-31(43-37)15-11-27/h1-15,18-20,25,33-36H,16-17,21-24H2,(H,43,48)(H,44,49)(H,45,52)(H,46,50)(H,47,51)(H,53,54)/t33-,34+,35+,36-/m0/s1. The van der Waals surface area contributed by atoms with Gasteiger partial charge in [0, 0.05) is 49.1 Å². The maximum Gasteiger partial charge on any atom is 0.326 e. The normalized spacial score (nSPS) is 20.1. The first-order valence-electron chi connectivity index (χ1n) is 18.1.